The van der Waals surface area contributed by atoms with E-state index in [4.69, 9.17) is 5.73 Å². The lowest BCUT2D eigenvalue weighted by Crippen LogP contribution is -2.13. The normalized spacial score (nSPS) is 10.3. The minimum absolute atomic E-state index is 0.210. The van der Waals surface area contributed by atoms with Crippen molar-refractivity contribution in [3.05, 3.63) is 29.8 Å². The van der Waals surface area contributed by atoms with Gasteiger partial charge in [0, 0.05) is 18.8 Å². The molecule has 0 fully saturated rings. The number of aromatic nitrogens is 4. The maximum absolute atomic E-state index is 11.0. The van der Waals surface area contributed by atoms with Crippen molar-refractivity contribution in [3.8, 4) is 5.82 Å². The topological polar surface area (TPSA) is 98.7 Å². The van der Waals surface area contributed by atoms with Crippen LogP contribution >= 0.6 is 0 Å². The number of nitrogens with zero attached hydrogens (tertiary/aromatic N) is 4. The number of hydrogen-bond donors (Lipinski definition) is 2. The van der Waals surface area contributed by atoms with Crippen LogP contribution in [0, 0.1) is 0 Å². The third-order valence-corrected chi connectivity index (χ3v) is 2.57. The van der Waals surface area contributed by atoms with E-state index in [-0.39, 0.29) is 5.69 Å². The SMILES string of the molecule is CCc1c(NC)ncnc1-n1ccc(C(N)=O)n1. The molecule has 0 radical (unpaired) electrons. The van der Waals surface area contributed by atoms with Gasteiger partial charge in [-0.3, -0.25) is 4.79 Å². The van der Waals surface area contributed by atoms with E-state index < -0.39 is 5.91 Å². The van der Waals surface area contributed by atoms with Crippen molar-refractivity contribution in [1.29, 1.82) is 0 Å². The van der Waals surface area contributed by atoms with Crippen molar-refractivity contribution in [1.82, 2.24) is 19.7 Å². The summed E-state index contributed by atoms with van der Waals surface area (Å²) < 4.78 is 1.53. The van der Waals surface area contributed by atoms with Crippen LogP contribution in [0.25, 0.3) is 5.82 Å². The summed E-state index contributed by atoms with van der Waals surface area (Å²) >= 11 is 0. The molecular formula is C11H14N6O. The summed E-state index contributed by atoms with van der Waals surface area (Å²) in [6, 6.07) is 1.56. The molecule has 18 heavy (non-hydrogen) atoms. The van der Waals surface area contributed by atoms with E-state index in [0.29, 0.717) is 5.82 Å². The maximum atomic E-state index is 11.0. The van der Waals surface area contributed by atoms with E-state index in [1.165, 1.54) is 11.0 Å². The Morgan fingerprint density at radius 2 is 2.28 bits per heavy atom. The van der Waals surface area contributed by atoms with Gasteiger partial charge in [-0.05, 0) is 12.5 Å². The standard InChI is InChI=1S/C11H14N6O/c1-3-7-10(13-2)14-6-15-11(7)17-5-4-8(16-17)9(12)18/h4-6H,3H2,1-2H3,(H2,12,18)(H,13,14,15). The molecule has 2 rings (SSSR count). The van der Waals surface area contributed by atoms with Crippen LogP contribution in [0.4, 0.5) is 5.82 Å². The van der Waals surface area contributed by atoms with Crippen LogP contribution in [0.1, 0.15) is 23.0 Å². The Morgan fingerprint density at radius 1 is 1.50 bits per heavy atom. The summed E-state index contributed by atoms with van der Waals surface area (Å²) in [6.07, 6.45) is 3.85. The van der Waals surface area contributed by atoms with Gasteiger partial charge in [0.05, 0.1) is 0 Å². The monoisotopic (exact) mass is 246 g/mol. The molecule has 0 unspecified atom stereocenters. The second-order valence-electron chi connectivity index (χ2n) is 3.64. The highest BCUT2D eigenvalue weighted by atomic mass is 16.1. The number of nitrogens with two attached hydrogens (primary N) is 1. The third-order valence-electron chi connectivity index (χ3n) is 2.57. The third kappa shape index (κ3) is 2.02. The molecule has 0 aromatic carbocycles. The number of carbonyl (C=O) groups excluding carboxylic acids is 1. The first-order chi connectivity index (χ1) is 8.67. The number of nitrogens with one attached hydrogen (secondary N) is 1. The molecule has 7 nitrogen and oxygen atoms in total. The van der Waals surface area contributed by atoms with Gasteiger partial charge in [-0.2, -0.15) is 5.10 Å². The molecule has 0 spiro atoms. The molecule has 7 heteroatoms. The summed E-state index contributed by atoms with van der Waals surface area (Å²) in [7, 11) is 1.79. The zero-order chi connectivity index (χ0) is 13.1. The Labute approximate surface area is 104 Å². The quantitative estimate of drug-likeness (QED) is 0.811. The zero-order valence-electron chi connectivity index (χ0n) is 10.2. The number of amides is 1. The lowest BCUT2D eigenvalue weighted by molar-refractivity contribution is 0.0995. The number of rotatable bonds is 4. The van der Waals surface area contributed by atoms with Crippen molar-refractivity contribution < 1.29 is 4.79 Å². The van der Waals surface area contributed by atoms with Gasteiger partial charge in [0.2, 0.25) is 0 Å². The molecule has 2 aromatic heterocycles. The van der Waals surface area contributed by atoms with Gasteiger partial charge in [-0.25, -0.2) is 14.6 Å². The molecule has 2 aromatic rings. The van der Waals surface area contributed by atoms with Crippen molar-refractivity contribution in [2.24, 2.45) is 5.73 Å². The van der Waals surface area contributed by atoms with E-state index in [0.717, 1.165) is 17.8 Å². The molecule has 0 saturated heterocycles. The first-order valence-corrected chi connectivity index (χ1v) is 5.54. The van der Waals surface area contributed by atoms with Gasteiger partial charge in [-0.1, -0.05) is 6.92 Å². The van der Waals surface area contributed by atoms with Gasteiger partial charge in [0.15, 0.2) is 5.82 Å². The highest BCUT2D eigenvalue weighted by Gasteiger charge is 2.13. The second-order valence-corrected chi connectivity index (χ2v) is 3.64. The molecule has 0 aliphatic heterocycles. The van der Waals surface area contributed by atoms with Gasteiger partial charge < -0.3 is 11.1 Å². The highest BCUT2D eigenvalue weighted by molar-refractivity contribution is 5.90. The van der Waals surface area contributed by atoms with Crippen molar-refractivity contribution >= 4 is 11.7 Å². The Balaban J connectivity index is 2.52. The van der Waals surface area contributed by atoms with Crippen LogP contribution < -0.4 is 11.1 Å². The lowest BCUT2D eigenvalue weighted by atomic mass is 10.2. The largest absolute Gasteiger partial charge is 0.373 e. The Bertz CT molecular complexity index is 577. The Morgan fingerprint density at radius 3 is 2.83 bits per heavy atom. The van der Waals surface area contributed by atoms with Crippen LogP contribution in [0.3, 0.4) is 0 Å². The average molecular weight is 246 g/mol. The fourth-order valence-corrected chi connectivity index (χ4v) is 1.71. The summed E-state index contributed by atoms with van der Waals surface area (Å²) in [5.41, 5.74) is 6.31. The molecular weight excluding hydrogens is 232 g/mol. The lowest BCUT2D eigenvalue weighted by Gasteiger charge is -2.10. The summed E-state index contributed by atoms with van der Waals surface area (Å²) in [5.74, 6) is 0.831. The van der Waals surface area contributed by atoms with Crippen LogP contribution in [-0.2, 0) is 6.42 Å². The number of primary amides is 1. The minimum atomic E-state index is -0.560. The fraction of sp³-hybridized carbons (Fsp3) is 0.273. The molecule has 3 N–H and O–H groups in total. The molecule has 0 saturated carbocycles. The molecule has 94 valence electrons. The number of anilines is 1. The smallest absolute Gasteiger partial charge is 0.269 e. The fourth-order valence-electron chi connectivity index (χ4n) is 1.71. The first kappa shape index (κ1) is 12.0. The van der Waals surface area contributed by atoms with E-state index in [2.05, 4.69) is 20.4 Å². The predicted molar refractivity (Wildman–Crippen MR) is 66.6 cm³/mol. The van der Waals surface area contributed by atoms with E-state index in [1.807, 2.05) is 6.92 Å². The van der Waals surface area contributed by atoms with Crippen molar-refractivity contribution in [3.63, 3.8) is 0 Å². The van der Waals surface area contributed by atoms with Crippen LogP contribution in [-0.4, -0.2) is 32.7 Å². The first-order valence-electron chi connectivity index (χ1n) is 5.54. The molecule has 1 amide bonds. The average Bonchev–Trinajstić information content (AvgIpc) is 2.87. The van der Waals surface area contributed by atoms with Crippen molar-refractivity contribution in [2.45, 2.75) is 13.3 Å². The van der Waals surface area contributed by atoms with Gasteiger partial charge in [0.25, 0.3) is 5.91 Å². The maximum Gasteiger partial charge on any atom is 0.269 e. The van der Waals surface area contributed by atoms with Crippen LogP contribution in [0.15, 0.2) is 18.6 Å². The Hall–Kier alpha value is -2.44. The number of hydrogen-bond acceptors (Lipinski definition) is 5. The minimum Gasteiger partial charge on any atom is -0.373 e. The van der Waals surface area contributed by atoms with Crippen LogP contribution in [0.5, 0.6) is 0 Å². The molecule has 0 aliphatic rings. The van der Waals surface area contributed by atoms with Crippen molar-refractivity contribution in [2.75, 3.05) is 12.4 Å². The van der Waals surface area contributed by atoms with Gasteiger partial charge in [0.1, 0.15) is 17.8 Å². The van der Waals surface area contributed by atoms with E-state index >= 15 is 0 Å². The summed E-state index contributed by atoms with van der Waals surface area (Å²) in [5, 5.41) is 7.09. The zero-order valence-corrected chi connectivity index (χ0v) is 10.2. The van der Waals surface area contributed by atoms with Gasteiger partial charge in [-0.15, -0.1) is 0 Å². The summed E-state index contributed by atoms with van der Waals surface area (Å²) in [4.78, 5) is 19.4. The highest BCUT2D eigenvalue weighted by Crippen LogP contribution is 2.18. The molecule has 0 bridgehead atoms. The second kappa shape index (κ2) is 4.82. The molecule has 2 heterocycles. The van der Waals surface area contributed by atoms with E-state index in [1.54, 1.807) is 19.3 Å². The molecule has 0 aliphatic carbocycles. The number of carbonyl (C=O) groups is 1. The predicted octanol–water partition coefficient (Wildman–Crippen LogP) is 0.365. The molecule has 0 atom stereocenters. The summed E-state index contributed by atoms with van der Waals surface area (Å²) in [6.45, 7) is 2.00. The van der Waals surface area contributed by atoms with Crippen LogP contribution in [0.2, 0.25) is 0 Å². The Kier molecular flexibility index (Phi) is 3.22. The van der Waals surface area contributed by atoms with E-state index in [9.17, 15) is 4.79 Å². The van der Waals surface area contributed by atoms with Gasteiger partial charge >= 0.3 is 0 Å².